The average molecular weight is 322 g/mol. The van der Waals surface area contributed by atoms with Gasteiger partial charge < -0.3 is 0 Å². The lowest BCUT2D eigenvalue weighted by atomic mass is 10.2. The minimum atomic E-state index is -0.349. The van der Waals surface area contributed by atoms with Crippen molar-refractivity contribution in [3.05, 3.63) is 51.9 Å². The molecule has 2 heterocycles. The molecule has 4 nitrogen and oxygen atoms in total. The normalized spacial score (nSPS) is 10.8. The molecule has 0 saturated carbocycles. The van der Waals surface area contributed by atoms with Crippen molar-refractivity contribution in [3.8, 4) is 0 Å². The molecule has 21 heavy (non-hydrogen) atoms. The second-order valence-corrected chi connectivity index (χ2v) is 5.87. The van der Waals surface area contributed by atoms with Crippen molar-refractivity contribution in [1.82, 2.24) is 9.97 Å². The van der Waals surface area contributed by atoms with Crippen LogP contribution in [0.15, 0.2) is 30.3 Å². The molecule has 106 valence electrons. The molecule has 7 heteroatoms. The molecule has 1 N–H and O–H groups in total. The number of aryl methyl sites for hydroxylation is 1. The predicted molar refractivity (Wildman–Crippen MR) is 81.5 cm³/mol. The zero-order valence-electron chi connectivity index (χ0n) is 10.9. The number of nitrogens with one attached hydrogen (secondary N) is 1. The fourth-order valence-corrected chi connectivity index (χ4v) is 3.09. The van der Waals surface area contributed by atoms with Crippen LogP contribution in [0.25, 0.3) is 10.1 Å². The Labute approximate surface area is 128 Å². The molecule has 2 aromatic heterocycles. The van der Waals surface area contributed by atoms with Crippen molar-refractivity contribution in [2.24, 2.45) is 0 Å². The van der Waals surface area contributed by atoms with Gasteiger partial charge in [-0.1, -0.05) is 17.7 Å². The van der Waals surface area contributed by atoms with Crippen LogP contribution in [0.1, 0.15) is 15.4 Å². The van der Waals surface area contributed by atoms with E-state index in [1.165, 1.54) is 23.5 Å². The highest BCUT2D eigenvalue weighted by molar-refractivity contribution is 7.20. The lowest BCUT2D eigenvalue weighted by Crippen LogP contribution is -2.13. The van der Waals surface area contributed by atoms with Crippen LogP contribution in [0.2, 0.25) is 5.15 Å². The Balaban J connectivity index is 1.89. The number of aromatic nitrogens is 2. The lowest BCUT2D eigenvalue weighted by Gasteiger charge is -2.03. The average Bonchev–Trinajstić information content (AvgIpc) is 2.80. The summed E-state index contributed by atoms with van der Waals surface area (Å²) in [6, 6.07) is 7.70. The Kier molecular flexibility index (Phi) is 3.57. The van der Waals surface area contributed by atoms with Crippen molar-refractivity contribution < 1.29 is 9.18 Å². The standard InChI is InChI=1S/C14H9ClFN3OS/c1-7-4-12(15)18-14(17-7)19-13(20)11-5-8-2-3-9(16)6-10(8)21-11/h2-6H,1H3,(H,17,18,19,20). The summed E-state index contributed by atoms with van der Waals surface area (Å²) in [6.07, 6.45) is 0. The molecule has 0 bridgehead atoms. The summed E-state index contributed by atoms with van der Waals surface area (Å²) in [5.74, 6) is -0.531. The first-order valence-corrected chi connectivity index (χ1v) is 7.22. The van der Waals surface area contributed by atoms with E-state index in [4.69, 9.17) is 11.6 Å². The molecule has 0 aliphatic heterocycles. The molecule has 3 aromatic rings. The van der Waals surface area contributed by atoms with Gasteiger partial charge in [-0.2, -0.15) is 0 Å². The van der Waals surface area contributed by atoms with Crippen molar-refractivity contribution in [3.63, 3.8) is 0 Å². The Morgan fingerprint density at radius 1 is 1.29 bits per heavy atom. The Morgan fingerprint density at radius 2 is 2.10 bits per heavy atom. The molecule has 0 aliphatic carbocycles. The Morgan fingerprint density at radius 3 is 2.86 bits per heavy atom. The smallest absolute Gasteiger partial charge is 0.268 e. The third-order valence-electron chi connectivity index (χ3n) is 2.75. The number of fused-ring (bicyclic) bond motifs is 1. The number of halogens is 2. The molecule has 1 aromatic carbocycles. The molecule has 0 fully saturated rings. The number of hydrogen-bond donors (Lipinski definition) is 1. The van der Waals surface area contributed by atoms with E-state index in [-0.39, 0.29) is 22.8 Å². The Hall–Kier alpha value is -2.05. The van der Waals surface area contributed by atoms with Gasteiger partial charge in [-0.3, -0.25) is 10.1 Å². The number of hydrogen-bond acceptors (Lipinski definition) is 4. The molecular formula is C14H9ClFN3OS. The summed E-state index contributed by atoms with van der Waals surface area (Å²) in [6.45, 7) is 1.76. The van der Waals surface area contributed by atoms with Crippen LogP contribution in [0.3, 0.4) is 0 Å². The first kappa shape index (κ1) is 13.9. The number of rotatable bonds is 2. The molecule has 0 aliphatic rings. The largest absolute Gasteiger partial charge is 0.290 e. The maximum atomic E-state index is 13.2. The van der Waals surface area contributed by atoms with Gasteiger partial charge in [-0.15, -0.1) is 11.3 Å². The molecule has 3 rings (SSSR count). The van der Waals surface area contributed by atoms with Crippen LogP contribution in [0, 0.1) is 12.7 Å². The minimum absolute atomic E-state index is 0.147. The van der Waals surface area contributed by atoms with E-state index in [9.17, 15) is 9.18 Å². The van der Waals surface area contributed by atoms with Crippen LogP contribution in [0.5, 0.6) is 0 Å². The third kappa shape index (κ3) is 3.01. The fraction of sp³-hybridized carbons (Fsp3) is 0.0714. The molecule has 0 radical (unpaired) electrons. The van der Waals surface area contributed by atoms with E-state index in [0.29, 0.717) is 15.3 Å². The molecule has 0 spiro atoms. The number of thiophene rings is 1. The minimum Gasteiger partial charge on any atom is -0.290 e. The Bertz CT molecular complexity index is 829. The van der Waals surface area contributed by atoms with E-state index < -0.39 is 0 Å². The van der Waals surface area contributed by atoms with E-state index in [0.717, 1.165) is 5.39 Å². The summed E-state index contributed by atoms with van der Waals surface area (Å²) < 4.78 is 13.9. The van der Waals surface area contributed by atoms with Crippen LogP contribution in [-0.4, -0.2) is 15.9 Å². The van der Waals surface area contributed by atoms with Gasteiger partial charge in [-0.05, 0) is 36.6 Å². The zero-order chi connectivity index (χ0) is 15.0. The number of nitrogens with zero attached hydrogens (tertiary/aromatic N) is 2. The maximum Gasteiger partial charge on any atom is 0.268 e. The number of benzene rings is 1. The van der Waals surface area contributed by atoms with E-state index in [1.807, 2.05) is 0 Å². The van der Waals surface area contributed by atoms with Gasteiger partial charge in [0.1, 0.15) is 11.0 Å². The van der Waals surface area contributed by atoms with Crippen LogP contribution in [-0.2, 0) is 0 Å². The van der Waals surface area contributed by atoms with Crippen LogP contribution >= 0.6 is 22.9 Å². The second kappa shape index (κ2) is 5.38. The summed E-state index contributed by atoms with van der Waals surface area (Å²) in [5.41, 5.74) is 0.656. The van der Waals surface area contributed by atoms with Gasteiger partial charge in [0.25, 0.3) is 5.91 Å². The molecule has 0 unspecified atom stereocenters. The number of carbonyl (C=O) groups excluding carboxylic acids is 1. The van der Waals surface area contributed by atoms with Gasteiger partial charge in [0.2, 0.25) is 5.95 Å². The van der Waals surface area contributed by atoms with Gasteiger partial charge in [-0.25, -0.2) is 14.4 Å². The highest BCUT2D eigenvalue weighted by Gasteiger charge is 2.13. The van der Waals surface area contributed by atoms with Gasteiger partial charge in [0.05, 0.1) is 4.88 Å². The zero-order valence-corrected chi connectivity index (χ0v) is 12.4. The van der Waals surface area contributed by atoms with Gasteiger partial charge in [0.15, 0.2) is 0 Å². The molecule has 0 saturated heterocycles. The second-order valence-electron chi connectivity index (χ2n) is 4.40. The first-order valence-electron chi connectivity index (χ1n) is 6.03. The highest BCUT2D eigenvalue weighted by Crippen LogP contribution is 2.26. The highest BCUT2D eigenvalue weighted by atomic mass is 35.5. The third-order valence-corrected chi connectivity index (χ3v) is 4.04. The topological polar surface area (TPSA) is 54.9 Å². The molecule has 1 amide bonds. The SMILES string of the molecule is Cc1cc(Cl)nc(NC(=O)c2cc3ccc(F)cc3s2)n1. The van der Waals surface area contributed by atoms with E-state index in [2.05, 4.69) is 15.3 Å². The summed E-state index contributed by atoms with van der Waals surface area (Å²) in [4.78, 5) is 20.6. The van der Waals surface area contributed by atoms with Crippen LogP contribution in [0.4, 0.5) is 10.3 Å². The summed E-state index contributed by atoms with van der Waals surface area (Å²) >= 11 is 7.03. The van der Waals surface area contributed by atoms with Crippen molar-refractivity contribution in [2.45, 2.75) is 6.92 Å². The lowest BCUT2D eigenvalue weighted by molar-refractivity contribution is 0.102. The number of amides is 1. The van der Waals surface area contributed by atoms with Gasteiger partial charge >= 0.3 is 0 Å². The summed E-state index contributed by atoms with van der Waals surface area (Å²) in [5, 5.41) is 3.66. The van der Waals surface area contributed by atoms with E-state index >= 15 is 0 Å². The van der Waals surface area contributed by atoms with Crippen molar-refractivity contribution in [2.75, 3.05) is 5.32 Å². The first-order chi connectivity index (χ1) is 10.0. The fourth-order valence-electron chi connectivity index (χ4n) is 1.87. The number of carbonyl (C=O) groups is 1. The van der Waals surface area contributed by atoms with Gasteiger partial charge in [0, 0.05) is 10.4 Å². The van der Waals surface area contributed by atoms with Crippen LogP contribution < -0.4 is 5.32 Å². The van der Waals surface area contributed by atoms with E-state index in [1.54, 1.807) is 25.1 Å². The maximum absolute atomic E-state index is 13.2. The number of anilines is 1. The van der Waals surface area contributed by atoms with Crippen molar-refractivity contribution in [1.29, 1.82) is 0 Å². The van der Waals surface area contributed by atoms with Crippen molar-refractivity contribution >= 4 is 44.9 Å². The molecule has 0 atom stereocenters. The quantitative estimate of drug-likeness (QED) is 0.725. The molecular weight excluding hydrogens is 313 g/mol. The monoisotopic (exact) mass is 321 g/mol. The predicted octanol–water partition coefficient (Wildman–Crippen LogP) is 4.04. The summed E-state index contributed by atoms with van der Waals surface area (Å²) in [7, 11) is 0.